The average molecular weight is 1620 g/mol. The molecule has 9 aromatic rings. The third-order valence-electron chi connectivity index (χ3n) is 13.6. The minimum absolute atomic E-state index is 0. The Morgan fingerprint density at radius 2 is 1.36 bits per heavy atom. The van der Waals surface area contributed by atoms with Gasteiger partial charge in [0.2, 0.25) is 39.3 Å². The summed E-state index contributed by atoms with van der Waals surface area (Å²) in [5, 5.41) is 23.7. The maximum atomic E-state index is 13.3. The summed E-state index contributed by atoms with van der Waals surface area (Å²) in [5.41, 5.74) is -2.02. The molecule has 32 nitrogen and oxygen atoms in total. The number of halogens is 7. The zero-order valence-electron chi connectivity index (χ0n) is 55.5. The number of rotatable bonds is 18. The Labute approximate surface area is 617 Å². The minimum atomic E-state index is -4.98. The van der Waals surface area contributed by atoms with Crippen molar-refractivity contribution in [2.24, 2.45) is 12.2 Å². The number of nitrogens with one attached hydrogen (secondary N) is 2. The molecule has 1 aliphatic rings. The van der Waals surface area contributed by atoms with Crippen LogP contribution in [0.25, 0.3) is 10.5 Å². The number of carbonyl (C=O) groups excluding carboxylic acids is 4. The Kier molecular flexibility index (Phi) is 27.0. The van der Waals surface area contributed by atoms with E-state index in [0.717, 1.165) is 46.8 Å². The summed E-state index contributed by atoms with van der Waals surface area (Å²) in [4.78, 5) is 74.5. The van der Waals surface area contributed by atoms with Crippen LogP contribution in [-0.2, 0) is 74.0 Å². The number of ketones is 1. The van der Waals surface area contributed by atoms with E-state index in [9.17, 15) is 75.9 Å². The number of aromatic hydroxyl groups is 1. The number of alkyl halides is 6. The van der Waals surface area contributed by atoms with E-state index in [1.807, 2.05) is 88.0 Å². The second-order valence-corrected chi connectivity index (χ2v) is 26.8. The van der Waals surface area contributed by atoms with Crippen LogP contribution in [0.5, 0.6) is 29.5 Å². The average Bonchev–Trinajstić information content (AvgIpc) is 1.64. The van der Waals surface area contributed by atoms with Crippen molar-refractivity contribution >= 4 is 99.6 Å². The number of pyridine rings is 1. The number of nitrogens with zero attached hydrogens (tertiary/aromatic N) is 12. The quantitative estimate of drug-likeness (QED) is 0.0309. The van der Waals surface area contributed by atoms with E-state index in [-0.39, 0.29) is 81.7 Å². The molecule has 0 atom stereocenters. The first kappa shape index (κ1) is 82.1. The number of aryl methyl sites for hydroxylation is 3. The van der Waals surface area contributed by atoms with Crippen molar-refractivity contribution in [1.82, 2.24) is 49.3 Å². The number of amides is 2. The van der Waals surface area contributed by atoms with E-state index in [0.29, 0.717) is 46.8 Å². The zero-order chi connectivity index (χ0) is 75.5. The molecule has 0 bridgehead atoms. The fourth-order valence-corrected chi connectivity index (χ4v) is 13.0. The zero-order valence-corrected chi connectivity index (χ0v) is 62.1. The third kappa shape index (κ3) is 19.8. The number of esters is 2. The summed E-state index contributed by atoms with van der Waals surface area (Å²) in [7, 11) is -6.04. The minimum Gasteiger partial charge on any atom is -0.493 e. The second kappa shape index (κ2) is 33.9. The van der Waals surface area contributed by atoms with Crippen molar-refractivity contribution in [3.05, 3.63) is 174 Å². The van der Waals surface area contributed by atoms with Crippen molar-refractivity contribution in [2.75, 3.05) is 58.5 Å². The summed E-state index contributed by atoms with van der Waals surface area (Å²) in [5.74, 6) is -3.93. The van der Waals surface area contributed by atoms with E-state index in [2.05, 4.69) is 60.0 Å². The number of hydrogen-bond donors (Lipinski definition) is 3. The first-order valence-electron chi connectivity index (χ1n) is 28.5. The van der Waals surface area contributed by atoms with Gasteiger partial charge in [0, 0.05) is 39.8 Å². The van der Waals surface area contributed by atoms with Crippen LogP contribution in [0, 0.1) is 17.4 Å². The predicted octanol–water partition coefficient (Wildman–Crippen LogP) is 5.60. The number of sulfone groups is 1. The Hall–Kier alpha value is -9.89. The van der Waals surface area contributed by atoms with Crippen LogP contribution in [0.3, 0.4) is 0 Å². The largest absolute Gasteiger partial charge is 1.00 e. The molecule has 0 aliphatic carbocycles. The third-order valence-corrected chi connectivity index (χ3v) is 18.1. The number of carbonyl (C=O) groups is 4. The summed E-state index contributed by atoms with van der Waals surface area (Å²) in [6.45, 7) is 5.04. The fraction of sp³-hybridized carbons (Fsp3) is 0.250. The number of sulfonamides is 2. The number of fused-ring (bicyclic) bond motifs is 1. The monoisotopic (exact) mass is 1620 g/mol. The number of urea groups is 1. The van der Waals surface area contributed by atoms with E-state index in [1.54, 1.807) is 6.92 Å². The SMILES string of the molecule is CCOC(=O)C1=NOC(c2ccccc2)(c2ccccc2)C1.COC(=O)c1ccc(I)cc1S(=O)(=O)[N-]C(=O)Nc1nc(C)nc(OC)n1.COc1cc(OC)n2nc(NS(=O)(=O)c3c(C(F)(F)F)ccnc3OC)nc2n1.Cc1nn(C)c(O)c1C(=O)c1ccc(C(F)(F)F)cc1S(C)(=O)=O.[Na+]. The number of hydrogen-bond acceptors (Lipinski definition) is 27. The molecule has 103 heavy (non-hydrogen) atoms. The smallest absolute Gasteiger partial charge is 0.493 e. The van der Waals surface area contributed by atoms with Crippen molar-refractivity contribution < 1.29 is 139 Å². The molecule has 6 heterocycles. The first-order valence-corrected chi connectivity index (χ1v) is 34.4. The first-order chi connectivity index (χ1) is 47.9. The van der Waals surface area contributed by atoms with Gasteiger partial charge in [-0.1, -0.05) is 65.8 Å². The van der Waals surface area contributed by atoms with Gasteiger partial charge in [0.05, 0.1) is 86.8 Å². The molecule has 0 radical (unpaired) electrons. The second-order valence-electron chi connectivity index (χ2n) is 20.4. The van der Waals surface area contributed by atoms with E-state index < -0.39 is 121 Å². The molecule has 0 saturated heterocycles. The van der Waals surface area contributed by atoms with Crippen molar-refractivity contribution in [2.45, 2.75) is 59.8 Å². The number of anilines is 2. The van der Waals surface area contributed by atoms with Gasteiger partial charge in [0.25, 0.3) is 21.7 Å². The van der Waals surface area contributed by atoms with Crippen LogP contribution in [0.1, 0.15) is 73.4 Å². The van der Waals surface area contributed by atoms with E-state index in [1.165, 1.54) is 66.5 Å². The van der Waals surface area contributed by atoms with Crippen LogP contribution in [-0.4, -0.2) is 158 Å². The number of methoxy groups -OCH3 is 5. The molecule has 0 fully saturated rings. The predicted molar refractivity (Wildman–Crippen MR) is 353 cm³/mol. The molecule has 0 saturated carbocycles. The van der Waals surface area contributed by atoms with Gasteiger partial charge in [-0.05, 0) is 85.8 Å². The maximum Gasteiger partial charge on any atom is 1.00 e. The van der Waals surface area contributed by atoms with Gasteiger partial charge < -0.3 is 48.4 Å². The van der Waals surface area contributed by atoms with Crippen LogP contribution < -0.4 is 58.5 Å². The Morgan fingerprint density at radius 3 is 1.89 bits per heavy atom. The Balaban J connectivity index is 0.000000216. The molecule has 542 valence electrons. The van der Waals surface area contributed by atoms with Gasteiger partial charge in [-0.3, -0.25) is 9.59 Å². The van der Waals surface area contributed by atoms with Gasteiger partial charge >= 0.3 is 59.9 Å². The van der Waals surface area contributed by atoms with E-state index >= 15 is 0 Å². The van der Waals surface area contributed by atoms with Gasteiger partial charge in [0.15, 0.2) is 38.0 Å². The summed E-state index contributed by atoms with van der Waals surface area (Å²) in [6.07, 6.45) is -7.89. The van der Waals surface area contributed by atoms with Crippen LogP contribution in [0.4, 0.5) is 43.0 Å². The molecule has 10 rings (SSSR count). The molecule has 43 heteroatoms. The fourth-order valence-electron chi connectivity index (χ4n) is 9.10. The van der Waals surface area contributed by atoms with Crippen LogP contribution in [0.15, 0.2) is 135 Å². The summed E-state index contributed by atoms with van der Waals surface area (Å²) < 4.78 is 189. The van der Waals surface area contributed by atoms with Gasteiger partial charge in [-0.25, -0.2) is 54.2 Å². The van der Waals surface area contributed by atoms with Crippen LogP contribution in [0.2, 0.25) is 0 Å². The number of ether oxygens (including phenoxy) is 6. The van der Waals surface area contributed by atoms with Gasteiger partial charge in [-0.2, -0.15) is 55.9 Å². The van der Waals surface area contributed by atoms with Crippen molar-refractivity contribution in [3.8, 4) is 29.5 Å². The molecule has 0 spiro atoms. The molecular formula is C60H56F6IN14NaO18S3. The molecule has 2 amide bonds. The van der Waals surface area contributed by atoms with Crippen molar-refractivity contribution in [1.29, 1.82) is 0 Å². The normalized spacial score (nSPS) is 12.5. The summed E-state index contributed by atoms with van der Waals surface area (Å²) >= 11 is 1.86. The maximum absolute atomic E-state index is 13.3. The molecule has 4 aromatic carbocycles. The van der Waals surface area contributed by atoms with Gasteiger partial charge in [0.1, 0.15) is 11.4 Å². The number of aromatic nitrogens is 10. The van der Waals surface area contributed by atoms with E-state index in [4.69, 9.17) is 28.5 Å². The Bertz CT molecular complexity index is 4990. The number of oxime groups is 1. The molecule has 3 N–H and O–H groups in total. The molecule has 5 aromatic heterocycles. The topological polar surface area (TPSA) is 419 Å². The number of benzene rings is 4. The van der Waals surface area contributed by atoms with Crippen molar-refractivity contribution in [3.63, 3.8) is 0 Å². The standard InChI is InChI=1S/C18H17NO3.C14H13F3N6O5S.C14H13F3N2O4S.C14H14IN5O6S.Na/c1-2-21-17(20)16-13-18(22-19-16,14-9-5-3-6-10-14)15-11-7-4-8-12-15;1-26-8-6-9(27-2)23-13(19-8)20-12(21-23)22-29(24,25)10-7(14(15,16)17)4-5-18-11(10)28-3;1-7-11(13(21)19(2)18-7)12(20)9-5-4-8(14(15,16)17)6-10(9)24(3,22)23;1-7-16-12(19-14(17-7)26-3)18-13(22)20-27(23,24)10-6-8(15)4-5-9(10)11(21)25-2;/h3-12H,2,13H2,1H3;4-6H,1-3H3,(H,21,22);4-6,21H,1-3H3;4-6H,1-3H3,(H2,16,17,18,19,20,22);/q;;;;+1/p-1. The molecule has 0 unspecified atom stereocenters. The van der Waals surface area contributed by atoms with Gasteiger partial charge in [-0.15, -0.1) is 5.10 Å². The summed E-state index contributed by atoms with van der Waals surface area (Å²) in [6, 6.07) is 26.0. The molecule has 1 aliphatic heterocycles. The molecular weight excluding hydrogens is 1560 g/mol. The Morgan fingerprint density at radius 1 is 0.728 bits per heavy atom. The van der Waals surface area contributed by atoms with Crippen LogP contribution >= 0.6 is 22.6 Å².